The lowest BCUT2D eigenvalue weighted by atomic mass is 9.55. The highest BCUT2D eigenvalue weighted by molar-refractivity contribution is 9.10. The van der Waals surface area contributed by atoms with Gasteiger partial charge in [0.2, 0.25) is 11.8 Å². The van der Waals surface area contributed by atoms with Crippen LogP contribution in [0, 0.1) is 25.7 Å². The fourth-order valence-electron chi connectivity index (χ4n) is 7.11. The van der Waals surface area contributed by atoms with Crippen molar-refractivity contribution in [3.8, 4) is 0 Å². The lowest BCUT2D eigenvalue weighted by molar-refractivity contribution is -0.147. The number of rotatable bonds is 9. The van der Waals surface area contributed by atoms with Gasteiger partial charge in [0.05, 0.1) is 11.8 Å². The third-order valence-electron chi connectivity index (χ3n) is 8.89. The number of unbranched alkanes of at least 4 members (excludes halogenated alkanes) is 2. The summed E-state index contributed by atoms with van der Waals surface area (Å²) in [5.74, 6) is -1.92. The van der Waals surface area contributed by atoms with Gasteiger partial charge in [0.15, 0.2) is 6.61 Å². The van der Waals surface area contributed by atoms with Crippen molar-refractivity contribution in [1.82, 2.24) is 4.90 Å². The van der Waals surface area contributed by atoms with Gasteiger partial charge in [-0.2, -0.15) is 0 Å². The van der Waals surface area contributed by atoms with Gasteiger partial charge < -0.3 is 10.1 Å². The van der Waals surface area contributed by atoms with Gasteiger partial charge in [-0.1, -0.05) is 70.9 Å². The summed E-state index contributed by atoms with van der Waals surface area (Å²) in [7, 11) is 0. The van der Waals surface area contributed by atoms with Gasteiger partial charge in [0.25, 0.3) is 5.91 Å². The molecule has 1 heterocycles. The molecular formula is C34H33BrN2O5. The molecule has 0 radical (unpaired) electrons. The van der Waals surface area contributed by atoms with Gasteiger partial charge in [-0.15, -0.1) is 0 Å². The van der Waals surface area contributed by atoms with Crippen LogP contribution in [0.1, 0.15) is 70.9 Å². The first-order valence-corrected chi connectivity index (χ1v) is 15.3. The van der Waals surface area contributed by atoms with Crippen LogP contribution >= 0.6 is 15.9 Å². The average molecular weight is 630 g/mol. The number of nitrogens with zero attached hydrogens (tertiary/aromatic N) is 1. The Labute approximate surface area is 253 Å². The van der Waals surface area contributed by atoms with Crippen LogP contribution in [-0.4, -0.2) is 41.7 Å². The summed E-state index contributed by atoms with van der Waals surface area (Å²) in [4.78, 5) is 53.2. The number of likely N-dealkylation sites (tertiary alicyclic amines) is 1. The minimum Gasteiger partial charge on any atom is -0.456 e. The minimum atomic E-state index is -0.445. The fraction of sp³-hybridized carbons (Fsp3) is 0.353. The molecule has 2 atom stereocenters. The highest BCUT2D eigenvalue weighted by atomic mass is 79.9. The number of imide groups is 1. The third-order valence-corrected chi connectivity index (χ3v) is 10.1. The molecule has 1 aliphatic heterocycles. The highest BCUT2D eigenvalue weighted by Gasteiger charge is 2.61. The number of hydrogen-bond acceptors (Lipinski definition) is 5. The number of halogens is 1. The van der Waals surface area contributed by atoms with Crippen LogP contribution in [0.2, 0.25) is 0 Å². The van der Waals surface area contributed by atoms with Crippen molar-refractivity contribution in [1.29, 1.82) is 0 Å². The largest absolute Gasteiger partial charge is 0.456 e. The Morgan fingerprint density at radius 3 is 1.81 bits per heavy atom. The predicted molar refractivity (Wildman–Crippen MR) is 162 cm³/mol. The molecule has 42 heavy (non-hydrogen) atoms. The number of hydrogen-bond donors (Lipinski definition) is 1. The summed E-state index contributed by atoms with van der Waals surface area (Å²) in [5.41, 5.74) is 7.32. The van der Waals surface area contributed by atoms with Crippen LogP contribution < -0.4 is 5.32 Å². The summed E-state index contributed by atoms with van der Waals surface area (Å²) in [6.07, 6.45) is 2.00. The van der Waals surface area contributed by atoms with Crippen molar-refractivity contribution in [2.45, 2.75) is 51.4 Å². The maximum Gasteiger partial charge on any atom is 0.306 e. The zero-order valence-corrected chi connectivity index (χ0v) is 25.3. The molecule has 3 aliphatic carbocycles. The average Bonchev–Trinajstić information content (AvgIpc) is 3.24. The molecule has 1 saturated heterocycles. The number of benzene rings is 3. The molecule has 1 N–H and O–H groups in total. The normalized spacial score (nSPS) is 21.5. The molecule has 0 spiro atoms. The monoisotopic (exact) mass is 628 g/mol. The van der Waals surface area contributed by atoms with Crippen molar-refractivity contribution >= 4 is 45.3 Å². The molecule has 0 unspecified atom stereocenters. The molecule has 0 aromatic heterocycles. The smallest absolute Gasteiger partial charge is 0.306 e. The van der Waals surface area contributed by atoms with Gasteiger partial charge >= 0.3 is 5.97 Å². The van der Waals surface area contributed by atoms with E-state index in [1.54, 1.807) is 0 Å². The van der Waals surface area contributed by atoms with Crippen molar-refractivity contribution in [3.63, 3.8) is 0 Å². The van der Waals surface area contributed by atoms with Crippen molar-refractivity contribution in [3.05, 3.63) is 98.5 Å². The summed E-state index contributed by atoms with van der Waals surface area (Å²) in [5, 5.41) is 2.76. The second-order valence-electron chi connectivity index (χ2n) is 11.5. The maximum absolute atomic E-state index is 13.7. The van der Waals surface area contributed by atoms with Crippen LogP contribution in [0.25, 0.3) is 0 Å². The fourth-order valence-corrected chi connectivity index (χ4v) is 7.34. The molecule has 1 fully saturated rings. The van der Waals surface area contributed by atoms with Gasteiger partial charge in [-0.05, 0) is 72.2 Å². The number of nitrogens with one attached hydrogen (secondary N) is 1. The van der Waals surface area contributed by atoms with E-state index in [1.807, 2.05) is 50.2 Å². The van der Waals surface area contributed by atoms with Crippen molar-refractivity contribution in [2.24, 2.45) is 11.8 Å². The van der Waals surface area contributed by atoms with E-state index in [4.69, 9.17) is 4.74 Å². The van der Waals surface area contributed by atoms with E-state index in [2.05, 4.69) is 45.5 Å². The zero-order valence-electron chi connectivity index (χ0n) is 23.7. The van der Waals surface area contributed by atoms with Crippen molar-refractivity contribution in [2.75, 3.05) is 18.5 Å². The van der Waals surface area contributed by atoms with Gasteiger partial charge in [0.1, 0.15) is 0 Å². The molecule has 8 heteroatoms. The Morgan fingerprint density at radius 1 is 0.810 bits per heavy atom. The first-order valence-electron chi connectivity index (χ1n) is 14.5. The van der Waals surface area contributed by atoms with Crippen molar-refractivity contribution < 1.29 is 23.9 Å². The SMILES string of the molecule is Cc1cc(NC(=O)COC(=O)CCCCCN2C(=O)[C@H]3C4c5ccccc5C(c5ccccc54)[C@@H]3C2=O)cc(C)c1Br. The molecule has 4 aliphatic rings. The third kappa shape index (κ3) is 4.96. The number of anilines is 1. The molecule has 7 rings (SSSR count). The summed E-state index contributed by atoms with van der Waals surface area (Å²) >= 11 is 3.50. The van der Waals surface area contributed by atoms with E-state index in [0.29, 0.717) is 31.5 Å². The summed E-state index contributed by atoms with van der Waals surface area (Å²) in [6, 6.07) is 20.2. The Kier molecular flexibility index (Phi) is 7.75. The molecule has 0 saturated carbocycles. The van der Waals surface area contributed by atoms with Crippen LogP contribution in [0.4, 0.5) is 5.69 Å². The van der Waals surface area contributed by atoms with E-state index in [1.165, 1.54) is 27.2 Å². The molecule has 3 aromatic carbocycles. The highest BCUT2D eigenvalue weighted by Crippen LogP contribution is 2.60. The summed E-state index contributed by atoms with van der Waals surface area (Å²) in [6.45, 7) is 3.88. The number of ether oxygens (including phenoxy) is 1. The topological polar surface area (TPSA) is 92.8 Å². The van der Waals surface area contributed by atoms with E-state index in [9.17, 15) is 19.2 Å². The lowest BCUT2D eigenvalue weighted by Crippen LogP contribution is -2.41. The first-order chi connectivity index (χ1) is 20.3. The van der Waals surface area contributed by atoms with Crippen LogP contribution in [0.15, 0.2) is 65.1 Å². The standard InChI is InChI=1S/C34H33BrN2O5/c1-19-16-21(17-20(2)32(19)35)36-26(38)18-42-27(39)14-4-3-9-15-37-33(40)30-28-22-10-5-6-11-23(22)29(31(30)34(37)41)25-13-8-7-12-24(25)28/h5-8,10-13,16-17,28-31H,3-4,9,14-15,18H2,1-2H3,(H,36,38)/t28?,29?,30-,31-/m0/s1. The van der Waals surface area contributed by atoms with Gasteiger partial charge in [-0.3, -0.25) is 24.1 Å². The quantitative estimate of drug-likeness (QED) is 0.178. The Morgan fingerprint density at radius 2 is 1.31 bits per heavy atom. The molecule has 7 nitrogen and oxygen atoms in total. The van der Waals surface area contributed by atoms with Crippen LogP contribution in [0.5, 0.6) is 0 Å². The number of aryl methyl sites for hydroxylation is 2. The van der Waals surface area contributed by atoms with Gasteiger partial charge in [0, 0.05) is 35.0 Å². The molecular weight excluding hydrogens is 596 g/mol. The summed E-state index contributed by atoms with van der Waals surface area (Å²) < 4.78 is 6.14. The first kappa shape index (κ1) is 28.3. The number of esters is 1. The van der Waals surface area contributed by atoms with Crippen LogP contribution in [-0.2, 0) is 23.9 Å². The number of amides is 3. The Bertz CT molecular complexity index is 1460. The molecule has 216 valence electrons. The minimum absolute atomic E-state index is 0.0782. The van der Waals surface area contributed by atoms with E-state index in [0.717, 1.165) is 15.6 Å². The second kappa shape index (κ2) is 11.5. The van der Waals surface area contributed by atoms with E-state index < -0.39 is 11.9 Å². The maximum atomic E-state index is 13.7. The molecule has 3 aromatic rings. The lowest BCUT2D eigenvalue weighted by Gasteiger charge is -2.45. The Hall–Kier alpha value is -3.78. The zero-order chi connectivity index (χ0) is 29.5. The molecule has 3 amide bonds. The number of carbonyl (C=O) groups is 4. The van der Waals surface area contributed by atoms with E-state index in [-0.39, 0.29) is 48.5 Å². The van der Waals surface area contributed by atoms with E-state index >= 15 is 0 Å². The second-order valence-corrected chi connectivity index (χ2v) is 12.3. The van der Waals surface area contributed by atoms with Gasteiger partial charge in [-0.25, -0.2) is 0 Å². The number of carbonyl (C=O) groups excluding carboxylic acids is 4. The predicted octanol–water partition coefficient (Wildman–Crippen LogP) is 6.00. The molecule has 2 bridgehead atoms. The van der Waals surface area contributed by atoms with Crippen LogP contribution in [0.3, 0.4) is 0 Å². The Balaban J connectivity index is 0.989.